The molecule has 3 rings (SSSR count). The lowest BCUT2D eigenvalue weighted by Crippen LogP contribution is -1.76. The lowest BCUT2D eigenvalue weighted by atomic mass is 10.2. The van der Waals surface area contributed by atoms with E-state index < -0.39 is 0 Å². The van der Waals surface area contributed by atoms with E-state index in [1.165, 1.54) is 0 Å². The Morgan fingerprint density at radius 1 is 1.20 bits per heavy atom. The van der Waals surface area contributed by atoms with Gasteiger partial charge in [-0.15, -0.1) is 0 Å². The number of nitrogens with zero attached hydrogens (tertiary/aromatic N) is 1. The minimum atomic E-state index is 0.796. The number of hydrogen-bond acceptors (Lipinski definition) is 2. The molecule has 3 aromatic rings. The first kappa shape index (κ1) is 8.24. The van der Waals surface area contributed by atoms with Crippen molar-refractivity contribution in [2.75, 3.05) is 0 Å². The van der Waals surface area contributed by atoms with E-state index in [9.17, 15) is 0 Å². The molecule has 0 N–H and O–H groups in total. The van der Waals surface area contributed by atoms with Crippen LogP contribution in [0.2, 0.25) is 0 Å². The molecule has 0 fully saturated rings. The van der Waals surface area contributed by atoms with Gasteiger partial charge in [-0.05, 0) is 30.3 Å². The Bertz CT molecular complexity index is 551. The van der Waals surface area contributed by atoms with Crippen molar-refractivity contribution in [1.82, 2.24) is 4.98 Å². The van der Waals surface area contributed by atoms with E-state index in [1.54, 1.807) is 6.20 Å². The molecule has 1 aromatic carbocycles. The molecule has 0 saturated heterocycles. The van der Waals surface area contributed by atoms with Crippen molar-refractivity contribution in [2.45, 2.75) is 0 Å². The molecule has 0 aliphatic rings. The number of hydrogen-bond donors (Lipinski definition) is 0. The molecule has 2 nitrogen and oxygen atoms in total. The Hall–Kier alpha value is -2.09. The molecule has 0 saturated carbocycles. The number of furan rings is 1. The minimum Gasteiger partial charge on any atom is -0.454 e. The highest BCUT2D eigenvalue weighted by Gasteiger charge is 2.05. The van der Waals surface area contributed by atoms with E-state index >= 15 is 0 Å². The summed E-state index contributed by atoms with van der Waals surface area (Å²) in [6.45, 7) is 0. The minimum absolute atomic E-state index is 0.796. The molecule has 71 valence electrons. The summed E-state index contributed by atoms with van der Waals surface area (Å²) in [5.41, 5.74) is 1.70. The maximum absolute atomic E-state index is 5.66. The molecule has 1 radical (unpaired) electrons. The van der Waals surface area contributed by atoms with Crippen LogP contribution in [0, 0.1) is 6.07 Å². The molecule has 0 bridgehead atoms. The summed E-state index contributed by atoms with van der Waals surface area (Å²) in [6, 6.07) is 16.4. The van der Waals surface area contributed by atoms with Crippen LogP contribution in [0.15, 0.2) is 53.1 Å². The SMILES string of the molecule is [c]1ccc2cc(-c3ccccn3)oc2c1. The lowest BCUT2D eigenvalue weighted by Gasteiger charge is -1.92. The zero-order valence-electron chi connectivity index (χ0n) is 7.97. The second-order valence-electron chi connectivity index (χ2n) is 3.29. The van der Waals surface area contributed by atoms with Crippen molar-refractivity contribution in [3.8, 4) is 11.5 Å². The Balaban J connectivity index is 2.21. The average molecular weight is 194 g/mol. The van der Waals surface area contributed by atoms with Crippen LogP contribution in [-0.2, 0) is 0 Å². The molecule has 2 heterocycles. The molecule has 0 amide bonds. The largest absolute Gasteiger partial charge is 0.454 e. The summed E-state index contributed by atoms with van der Waals surface area (Å²) in [4.78, 5) is 4.24. The fraction of sp³-hybridized carbons (Fsp3) is 0. The molecule has 0 aliphatic heterocycles. The number of fused-ring (bicyclic) bond motifs is 1. The predicted molar refractivity (Wildman–Crippen MR) is 58.3 cm³/mol. The van der Waals surface area contributed by atoms with Gasteiger partial charge in [0.05, 0.1) is 0 Å². The zero-order valence-corrected chi connectivity index (χ0v) is 7.97. The third-order valence-electron chi connectivity index (χ3n) is 2.28. The van der Waals surface area contributed by atoms with Gasteiger partial charge in [-0.1, -0.05) is 18.2 Å². The fourth-order valence-electron chi connectivity index (χ4n) is 1.56. The van der Waals surface area contributed by atoms with Gasteiger partial charge in [-0.2, -0.15) is 0 Å². The second-order valence-corrected chi connectivity index (χ2v) is 3.29. The van der Waals surface area contributed by atoms with Crippen LogP contribution < -0.4 is 0 Å². The van der Waals surface area contributed by atoms with Crippen LogP contribution in [0.3, 0.4) is 0 Å². The van der Waals surface area contributed by atoms with Crippen molar-refractivity contribution >= 4 is 11.0 Å². The van der Waals surface area contributed by atoms with Crippen molar-refractivity contribution in [1.29, 1.82) is 0 Å². The smallest absolute Gasteiger partial charge is 0.153 e. The third kappa shape index (κ3) is 1.40. The van der Waals surface area contributed by atoms with Crippen molar-refractivity contribution in [3.05, 3.63) is 54.7 Å². The molecule has 15 heavy (non-hydrogen) atoms. The van der Waals surface area contributed by atoms with Crippen molar-refractivity contribution < 1.29 is 4.42 Å². The van der Waals surface area contributed by atoms with Gasteiger partial charge in [0.25, 0.3) is 0 Å². The molecule has 2 heteroatoms. The van der Waals surface area contributed by atoms with E-state index in [0.717, 1.165) is 22.4 Å². The highest BCUT2D eigenvalue weighted by atomic mass is 16.3. The van der Waals surface area contributed by atoms with Gasteiger partial charge < -0.3 is 4.42 Å². The topological polar surface area (TPSA) is 26.0 Å². The van der Waals surface area contributed by atoms with Crippen LogP contribution in [0.4, 0.5) is 0 Å². The molecule has 0 unspecified atom stereocenters. The molecule has 0 aliphatic carbocycles. The van der Waals surface area contributed by atoms with Gasteiger partial charge >= 0.3 is 0 Å². The van der Waals surface area contributed by atoms with Crippen molar-refractivity contribution in [3.63, 3.8) is 0 Å². The van der Waals surface area contributed by atoms with Gasteiger partial charge in [0, 0.05) is 11.6 Å². The first-order valence-corrected chi connectivity index (χ1v) is 4.74. The van der Waals surface area contributed by atoms with Gasteiger partial charge in [-0.3, -0.25) is 4.98 Å². The average Bonchev–Trinajstić information content (AvgIpc) is 2.74. The van der Waals surface area contributed by atoms with E-state index in [2.05, 4.69) is 11.1 Å². The van der Waals surface area contributed by atoms with E-state index in [-0.39, 0.29) is 0 Å². The maximum Gasteiger partial charge on any atom is 0.153 e. The molecule has 0 spiro atoms. The van der Waals surface area contributed by atoms with Gasteiger partial charge in [-0.25, -0.2) is 0 Å². The van der Waals surface area contributed by atoms with E-state index in [0.29, 0.717) is 0 Å². The molecule has 0 atom stereocenters. The molecular weight excluding hydrogens is 186 g/mol. The number of aromatic nitrogens is 1. The van der Waals surface area contributed by atoms with Gasteiger partial charge in [0.2, 0.25) is 0 Å². The van der Waals surface area contributed by atoms with Crippen LogP contribution in [0.1, 0.15) is 0 Å². The third-order valence-corrected chi connectivity index (χ3v) is 2.28. The Morgan fingerprint density at radius 2 is 2.20 bits per heavy atom. The van der Waals surface area contributed by atoms with E-state index in [1.807, 2.05) is 42.5 Å². The number of rotatable bonds is 1. The van der Waals surface area contributed by atoms with Crippen LogP contribution in [-0.4, -0.2) is 4.98 Å². The molecule has 2 aromatic heterocycles. The summed E-state index contributed by atoms with van der Waals surface area (Å²) >= 11 is 0. The maximum atomic E-state index is 5.66. The van der Waals surface area contributed by atoms with Crippen LogP contribution >= 0.6 is 0 Å². The van der Waals surface area contributed by atoms with E-state index in [4.69, 9.17) is 4.42 Å². The quantitative estimate of drug-likeness (QED) is 0.594. The Morgan fingerprint density at radius 3 is 3.00 bits per heavy atom. The molecular formula is C13H8NO. The fourth-order valence-corrected chi connectivity index (χ4v) is 1.56. The van der Waals surface area contributed by atoms with Gasteiger partial charge in [0.1, 0.15) is 11.3 Å². The highest BCUT2D eigenvalue weighted by molar-refractivity contribution is 5.81. The zero-order chi connectivity index (χ0) is 10.1. The normalized spacial score (nSPS) is 10.7. The summed E-state index contributed by atoms with van der Waals surface area (Å²) in [7, 11) is 0. The summed E-state index contributed by atoms with van der Waals surface area (Å²) in [6.07, 6.45) is 1.76. The Labute approximate surface area is 87.2 Å². The predicted octanol–water partition coefficient (Wildman–Crippen LogP) is 3.29. The summed E-state index contributed by atoms with van der Waals surface area (Å²) in [5, 5.41) is 1.08. The Kier molecular flexibility index (Phi) is 1.78. The monoisotopic (exact) mass is 194 g/mol. The first-order valence-electron chi connectivity index (χ1n) is 4.74. The van der Waals surface area contributed by atoms with Crippen molar-refractivity contribution in [2.24, 2.45) is 0 Å². The van der Waals surface area contributed by atoms with Gasteiger partial charge in [0.15, 0.2) is 5.76 Å². The lowest BCUT2D eigenvalue weighted by molar-refractivity contribution is 0.628. The van der Waals surface area contributed by atoms with Crippen LogP contribution in [0.5, 0.6) is 0 Å². The number of pyridine rings is 1. The second kappa shape index (κ2) is 3.24. The number of benzene rings is 1. The first-order chi connectivity index (χ1) is 7.43. The highest BCUT2D eigenvalue weighted by Crippen LogP contribution is 2.25. The standard InChI is InChI=1S/C13H8NO/c1-2-7-12-10(5-1)9-13(15-12)11-6-3-4-8-14-11/h1,3-9H. The summed E-state index contributed by atoms with van der Waals surface area (Å²) < 4.78 is 5.66. The van der Waals surface area contributed by atoms with Crippen LogP contribution in [0.25, 0.3) is 22.4 Å². The summed E-state index contributed by atoms with van der Waals surface area (Å²) in [5.74, 6) is 0.796.